The first-order chi connectivity index (χ1) is 12.4. The van der Waals surface area contributed by atoms with Gasteiger partial charge < -0.3 is 20.6 Å². The van der Waals surface area contributed by atoms with Crippen molar-refractivity contribution in [2.75, 3.05) is 26.2 Å². The molecule has 0 bridgehead atoms. The fourth-order valence-electron chi connectivity index (χ4n) is 2.92. The maximum absolute atomic E-state index is 12.1. The molecule has 152 valence electrons. The number of rotatable bonds is 6. The van der Waals surface area contributed by atoms with E-state index in [0.717, 1.165) is 25.1 Å². The Labute approximate surface area is 183 Å². The molecule has 3 N–H and O–H groups in total. The van der Waals surface area contributed by atoms with E-state index in [9.17, 15) is 9.90 Å². The van der Waals surface area contributed by atoms with Crippen LogP contribution >= 0.6 is 35.6 Å². The van der Waals surface area contributed by atoms with Gasteiger partial charge >= 0.3 is 0 Å². The molecule has 2 rings (SSSR count). The summed E-state index contributed by atoms with van der Waals surface area (Å²) in [5, 5.41) is 17.5. The van der Waals surface area contributed by atoms with Crippen molar-refractivity contribution >= 4 is 47.4 Å². The van der Waals surface area contributed by atoms with Crippen molar-refractivity contribution in [2.45, 2.75) is 39.3 Å². The van der Waals surface area contributed by atoms with Gasteiger partial charge in [-0.05, 0) is 31.0 Å². The Morgan fingerprint density at radius 3 is 2.63 bits per heavy atom. The number of aliphatic imine (C=N–C) groups is 1. The van der Waals surface area contributed by atoms with E-state index < -0.39 is 6.10 Å². The maximum Gasteiger partial charge on any atom is 0.225 e. The number of guanidine groups is 1. The van der Waals surface area contributed by atoms with Crippen molar-refractivity contribution < 1.29 is 9.90 Å². The third kappa shape index (κ3) is 7.46. The van der Waals surface area contributed by atoms with Gasteiger partial charge in [-0.15, -0.1) is 24.0 Å². The summed E-state index contributed by atoms with van der Waals surface area (Å²) in [5.41, 5.74) is 0.781. The zero-order valence-electron chi connectivity index (χ0n) is 16.1. The molecule has 6 nitrogen and oxygen atoms in total. The number of aliphatic hydroxyl groups is 1. The Kier molecular flexibility index (Phi) is 10.4. The van der Waals surface area contributed by atoms with Crippen LogP contribution in [0.4, 0.5) is 0 Å². The summed E-state index contributed by atoms with van der Waals surface area (Å²) < 4.78 is 0. The summed E-state index contributed by atoms with van der Waals surface area (Å²) in [7, 11) is 0. The highest BCUT2D eigenvalue weighted by Gasteiger charge is 2.28. The van der Waals surface area contributed by atoms with E-state index >= 15 is 0 Å². The SMILES string of the molecule is CCNC(=NCC(O)c1ccc(Cl)cc1)NC1CCN(C(=O)C(C)C)C1.I. The summed E-state index contributed by atoms with van der Waals surface area (Å²) in [4.78, 5) is 18.5. The van der Waals surface area contributed by atoms with Crippen LogP contribution < -0.4 is 10.6 Å². The molecule has 1 fully saturated rings. The molecular formula is C19H30ClIN4O2. The summed E-state index contributed by atoms with van der Waals surface area (Å²) in [6.45, 7) is 8.26. The number of hydrogen-bond acceptors (Lipinski definition) is 3. The molecular weight excluding hydrogens is 479 g/mol. The van der Waals surface area contributed by atoms with E-state index in [0.29, 0.717) is 17.5 Å². The Bertz CT molecular complexity index is 625. The minimum absolute atomic E-state index is 0. The average molecular weight is 509 g/mol. The monoisotopic (exact) mass is 508 g/mol. The van der Waals surface area contributed by atoms with Crippen LogP contribution in [0.25, 0.3) is 0 Å². The molecule has 1 aliphatic rings. The molecule has 1 aromatic rings. The van der Waals surface area contributed by atoms with E-state index in [1.165, 1.54) is 0 Å². The van der Waals surface area contributed by atoms with Crippen molar-refractivity contribution in [2.24, 2.45) is 10.9 Å². The van der Waals surface area contributed by atoms with Crippen molar-refractivity contribution in [3.8, 4) is 0 Å². The summed E-state index contributed by atoms with van der Waals surface area (Å²) >= 11 is 5.88. The van der Waals surface area contributed by atoms with Crippen LogP contribution in [0.5, 0.6) is 0 Å². The highest BCUT2D eigenvalue weighted by Crippen LogP contribution is 2.17. The number of hydrogen-bond donors (Lipinski definition) is 3. The molecule has 0 saturated carbocycles. The van der Waals surface area contributed by atoms with Crippen LogP contribution in [0, 0.1) is 5.92 Å². The summed E-state index contributed by atoms with van der Waals surface area (Å²) in [6, 6.07) is 7.28. The molecule has 2 unspecified atom stereocenters. The lowest BCUT2D eigenvalue weighted by Crippen LogP contribution is -2.45. The topological polar surface area (TPSA) is 77.0 Å². The molecule has 0 radical (unpaired) electrons. The smallest absolute Gasteiger partial charge is 0.225 e. The maximum atomic E-state index is 12.1. The van der Waals surface area contributed by atoms with E-state index in [4.69, 9.17) is 11.6 Å². The Hall–Kier alpha value is -1.06. The molecule has 0 spiro atoms. The first kappa shape index (κ1) is 24.0. The molecule has 0 aliphatic carbocycles. The van der Waals surface area contributed by atoms with Crippen LogP contribution in [0.3, 0.4) is 0 Å². The normalized spacial score (nSPS) is 18.2. The van der Waals surface area contributed by atoms with Gasteiger partial charge in [0, 0.05) is 36.6 Å². The number of carbonyl (C=O) groups excluding carboxylic acids is 1. The number of benzene rings is 1. The fourth-order valence-corrected chi connectivity index (χ4v) is 3.05. The molecule has 27 heavy (non-hydrogen) atoms. The van der Waals surface area contributed by atoms with E-state index in [1.54, 1.807) is 24.3 Å². The van der Waals surface area contributed by atoms with Gasteiger partial charge in [-0.1, -0.05) is 37.6 Å². The molecule has 1 saturated heterocycles. The fraction of sp³-hybridized carbons (Fsp3) is 0.579. The van der Waals surface area contributed by atoms with Gasteiger partial charge in [-0.3, -0.25) is 9.79 Å². The second kappa shape index (κ2) is 11.7. The third-order valence-electron chi connectivity index (χ3n) is 4.36. The number of carbonyl (C=O) groups is 1. The number of likely N-dealkylation sites (tertiary alicyclic amines) is 1. The Morgan fingerprint density at radius 1 is 1.37 bits per heavy atom. The van der Waals surface area contributed by atoms with E-state index in [-0.39, 0.29) is 48.4 Å². The average Bonchev–Trinajstić information content (AvgIpc) is 3.07. The number of amides is 1. The lowest BCUT2D eigenvalue weighted by Gasteiger charge is -2.20. The first-order valence-corrected chi connectivity index (χ1v) is 9.55. The van der Waals surface area contributed by atoms with Crippen LogP contribution in [-0.4, -0.2) is 54.1 Å². The zero-order chi connectivity index (χ0) is 19.1. The third-order valence-corrected chi connectivity index (χ3v) is 4.61. The lowest BCUT2D eigenvalue weighted by atomic mass is 10.1. The predicted octanol–water partition coefficient (Wildman–Crippen LogP) is 2.80. The van der Waals surface area contributed by atoms with E-state index in [1.807, 2.05) is 25.7 Å². The van der Waals surface area contributed by atoms with Crippen molar-refractivity contribution in [1.29, 1.82) is 0 Å². The lowest BCUT2D eigenvalue weighted by molar-refractivity contribution is -0.133. The quantitative estimate of drug-likeness (QED) is 0.314. The van der Waals surface area contributed by atoms with Crippen molar-refractivity contribution in [3.05, 3.63) is 34.9 Å². The van der Waals surface area contributed by atoms with Gasteiger partial charge in [0.15, 0.2) is 5.96 Å². The van der Waals surface area contributed by atoms with Crippen LogP contribution in [0.2, 0.25) is 5.02 Å². The van der Waals surface area contributed by atoms with Gasteiger partial charge in [-0.25, -0.2) is 0 Å². The van der Waals surface area contributed by atoms with Gasteiger partial charge in [0.1, 0.15) is 0 Å². The second-order valence-electron chi connectivity index (χ2n) is 6.86. The summed E-state index contributed by atoms with van der Waals surface area (Å²) in [6.07, 6.45) is 0.202. The minimum atomic E-state index is -0.690. The van der Waals surface area contributed by atoms with Crippen LogP contribution in [-0.2, 0) is 4.79 Å². The molecule has 1 heterocycles. The second-order valence-corrected chi connectivity index (χ2v) is 7.29. The highest BCUT2D eigenvalue weighted by molar-refractivity contribution is 14.0. The summed E-state index contributed by atoms with van der Waals surface area (Å²) in [5.74, 6) is 0.865. The number of nitrogens with zero attached hydrogens (tertiary/aromatic N) is 2. The molecule has 0 aromatic heterocycles. The Balaban J connectivity index is 0.00000364. The molecule has 1 amide bonds. The highest BCUT2D eigenvalue weighted by atomic mass is 127. The van der Waals surface area contributed by atoms with Crippen LogP contribution in [0.1, 0.15) is 38.9 Å². The molecule has 1 aliphatic heterocycles. The number of halogens is 2. The van der Waals surface area contributed by atoms with Gasteiger partial charge in [-0.2, -0.15) is 0 Å². The molecule has 8 heteroatoms. The van der Waals surface area contributed by atoms with Crippen molar-refractivity contribution in [3.63, 3.8) is 0 Å². The number of nitrogens with one attached hydrogen (secondary N) is 2. The first-order valence-electron chi connectivity index (χ1n) is 9.17. The van der Waals surface area contributed by atoms with Gasteiger partial charge in [0.2, 0.25) is 5.91 Å². The predicted molar refractivity (Wildman–Crippen MR) is 121 cm³/mol. The minimum Gasteiger partial charge on any atom is -0.386 e. The molecule has 2 atom stereocenters. The molecule has 1 aromatic carbocycles. The Morgan fingerprint density at radius 2 is 2.04 bits per heavy atom. The standard InChI is InChI=1S/C19H29ClN4O2.HI/c1-4-21-19(22-11-17(25)14-5-7-15(20)8-6-14)23-16-9-10-24(12-16)18(26)13(2)3;/h5-8,13,16-17,25H,4,9-12H2,1-3H3,(H2,21,22,23);1H. The zero-order valence-corrected chi connectivity index (χ0v) is 19.2. The van der Waals surface area contributed by atoms with Gasteiger partial charge in [0.25, 0.3) is 0 Å². The van der Waals surface area contributed by atoms with Crippen LogP contribution in [0.15, 0.2) is 29.3 Å². The van der Waals surface area contributed by atoms with Crippen molar-refractivity contribution in [1.82, 2.24) is 15.5 Å². The van der Waals surface area contributed by atoms with Gasteiger partial charge in [0.05, 0.1) is 12.6 Å². The number of aliphatic hydroxyl groups excluding tert-OH is 1. The largest absolute Gasteiger partial charge is 0.386 e. The van der Waals surface area contributed by atoms with E-state index in [2.05, 4.69) is 15.6 Å².